The molecule has 34 heavy (non-hydrogen) atoms. The minimum absolute atomic E-state index is 0.0400. The van der Waals surface area contributed by atoms with E-state index in [1.165, 1.54) is 6.08 Å². The van der Waals surface area contributed by atoms with Crippen LogP contribution >= 0.6 is 11.3 Å². The number of carbonyl (C=O) groups is 2. The van der Waals surface area contributed by atoms with Gasteiger partial charge in [0.1, 0.15) is 5.82 Å². The molecule has 2 amide bonds. The number of hydrogen-bond donors (Lipinski definition) is 2. The standard InChI is InChI=1S/C25H30N6O2S/c1-4-24(33)27-21-7-5-6-20(14-21)22-12-19(16-30-8-10-31(11-9-30)18(3)32)13-23(28-22)29-25-26-15-17(2)34-25/h4-7,12-13,15,20H,1,8-11,14,16H2,2-3H3,(H,27,33)(H,26,28,29). The maximum absolute atomic E-state index is 11.8. The van der Waals surface area contributed by atoms with Crippen molar-refractivity contribution in [1.29, 1.82) is 0 Å². The number of carbonyl (C=O) groups excluding carboxylic acids is 2. The molecule has 2 aromatic rings. The van der Waals surface area contributed by atoms with Gasteiger partial charge in [-0.05, 0) is 43.2 Å². The molecule has 178 valence electrons. The molecule has 0 aromatic carbocycles. The third kappa shape index (κ3) is 6.18. The predicted octanol–water partition coefficient (Wildman–Crippen LogP) is 3.48. The topological polar surface area (TPSA) is 90.5 Å². The third-order valence-corrected chi connectivity index (χ3v) is 6.74. The molecule has 1 fully saturated rings. The number of pyridine rings is 1. The molecule has 8 nitrogen and oxygen atoms in total. The number of nitrogens with one attached hydrogen (secondary N) is 2. The summed E-state index contributed by atoms with van der Waals surface area (Å²) in [7, 11) is 0. The Morgan fingerprint density at radius 2 is 2.06 bits per heavy atom. The molecule has 1 aliphatic heterocycles. The normalized spacial score (nSPS) is 18.4. The van der Waals surface area contributed by atoms with Gasteiger partial charge in [0, 0.05) is 62.3 Å². The van der Waals surface area contributed by atoms with Gasteiger partial charge in [-0.15, -0.1) is 11.3 Å². The monoisotopic (exact) mass is 478 g/mol. The molecule has 2 N–H and O–H groups in total. The minimum Gasteiger partial charge on any atom is -0.340 e. The van der Waals surface area contributed by atoms with Crippen LogP contribution in [0.4, 0.5) is 10.9 Å². The van der Waals surface area contributed by atoms with E-state index in [9.17, 15) is 9.59 Å². The number of thiazole rings is 1. The van der Waals surface area contributed by atoms with Gasteiger partial charge in [-0.1, -0.05) is 18.7 Å². The van der Waals surface area contributed by atoms with Crippen molar-refractivity contribution in [3.63, 3.8) is 0 Å². The SMILES string of the molecule is C=CC(=O)NC1=CC=CC(c2cc(CN3CCN(C(C)=O)CC3)cc(Nc3ncc(C)s3)n2)C1. The maximum atomic E-state index is 11.8. The van der Waals surface area contributed by atoms with Crippen molar-refractivity contribution in [3.05, 3.63) is 71.0 Å². The average molecular weight is 479 g/mol. The Labute approximate surface area is 204 Å². The van der Waals surface area contributed by atoms with Crippen LogP contribution in [0.1, 0.15) is 35.4 Å². The summed E-state index contributed by atoms with van der Waals surface area (Å²) in [5.41, 5.74) is 2.93. The molecule has 2 aromatic heterocycles. The fourth-order valence-electron chi connectivity index (χ4n) is 4.14. The largest absolute Gasteiger partial charge is 0.340 e. The molecular formula is C25H30N6O2S. The van der Waals surface area contributed by atoms with Crippen molar-refractivity contribution in [1.82, 2.24) is 25.1 Å². The van der Waals surface area contributed by atoms with Crippen molar-refractivity contribution in [3.8, 4) is 0 Å². The van der Waals surface area contributed by atoms with Gasteiger partial charge < -0.3 is 15.5 Å². The van der Waals surface area contributed by atoms with E-state index in [-0.39, 0.29) is 17.7 Å². The van der Waals surface area contributed by atoms with Crippen LogP contribution in [0, 0.1) is 6.92 Å². The lowest BCUT2D eigenvalue weighted by molar-refractivity contribution is -0.130. The third-order valence-electron chi connectivity index (χ3n) is 5.91. The lowest BCUT2D eigenvalue weighted by Gasteiger charge is -2.34. The van der Waals surface area contributed by atoms with Gasteiger partial charge in [0.25, 0.3) is 0 Å². The molecule has 1 aliphatic carbocycles. The van der Waals surface area contributed by atoms with Crippen LogP contribution in [-0.2, 0) is 16.1 Å². The second-order valence-electron chi connectivity index (χ2n) is 8.55. The minimum atomic E-state index is -0.215. The molecule has 0 spiro atoms. The molecule has 4 rings (SSSR count). The summed E-state index contributed by atoms with van der Waals surface area (Å²) >= 11 is 1.59. The van der Waals surface area contributed by atoms with E-state index in [0.29, 0.717) is 6.42 Å². The molecule has 0 bridgehead atoms. The summed E-state index contributed by atoms with van der Waals surface area (Å²) in [6.45, 7) is 11.1. The van der Waals surface area contributed by atoms with Crippen molar-refractivity contribution in [2.45, 2.75) is 32.7 Å². The van der Waals surface area contributed by atoms with Crippen LogP contribution in [0.5, 0.6) is 0 Å². The van der Waals surface area contributed by atoms with Crippen molar-refractivity contribution >= 4 is 34.1 Å². The highest BCUT2D eigenvalue weighted by molar-refractivity contribution is 7.15. The lowest BCUT2D eigenvalue weighted by Crippen LogP contribution is -2.47. The van der Waals surface area contributed by atoms with Gasteiger partial charge in [-0.3, -0.25) is 14.5 Å². The smallest absolute Gasteiger partial charge is 0.247 e. The van der Waals surface area contributed by atoms with Crippen LogP contribution in [0.15, 0.2) is 54.9 Å². The number of aromatic nitrogens is 2. The van der Waals surface area contributed by atoms with Gasteiger partial charge in [-0.2, -0.15) is 0 Å². The molecule has 9 heteroatoms. The second-order valence-corrected chi connectivity index (χ2v) is 9.78. The first-order valence-electron chi connectivity index (χ1n) is 11.4. The number of amides is 2. The van der Waals surface area contributed by atoms with E-state index in [0.717, 1.165) is 65.5 Å². The van der Waals surface area contributed by atoms with Crippen molar-refractivity contribution in [2.75, 3.05) is 31.5 Å². The number of piperazine rings is 1. The van der Waals surface area contributed by atoms with E-state index in [1.54, 1.807) is 18.3 Å². The molecule has 1 atom stereocenters. The molecule has 1 saturated heterocycles. The Morgan fingerprint density at radius 1 is 1.26 bits per heavy atom. The number of rotatable bonds is 7. The highest BCUT2D eigenvalue weighted by Gasteiger charge is 2.21. The summed E-state index contributed by atoms with van der Waals surface area (Å²) in [6.07, 6.45) is 9.75. The Balaban J connectivity index is 1.54. The van der Waals surface area contributed by atoms with Gasteiger partial charge in [0.05, 0.1) is 5.69 Å². The predicted molar refractivity (Wildman–Crippen MR) is 135 cm³/mol. The zero-order valence-corrected chi connectivity index (χ0v) is 20.4. The van der Waals surface area contributed by atoms with Gasteiger partial charge in [0.2, 0.25) is 11.8 Å². The van der Waals surface area contributed by atoms with Crippen molar-refractivity contribution in [2.24, 2.45) is 0 Å². The Kier molecular flexibility index (Phi) is 7.54. The van der Waals surface area contributed by atoms with Gasteiger partial charge >= 0.3 is 0 Å². The average Bonchev–Trinajstić information content (AvgIpc) is 3.23. The highest BCUT2D eigenvalue weighted by atomic mass is 32.1. The highest BCUT2D eigenvalue weighted by Crippen LogP contribution is 2.30. The fourth-order valence-corrected chi connectivity index (χ4v) is 4.81. The number of hydrogen-bond acceptors (Lipinski definition) is 7. The zero-order chi connectivity index (χ0) is 24.1. The summed E-state index contributed by atoms with van der Waals surface area (Å²) < 4.78 is 0. The van der Waals surface area contributed by atoms with Crippen LogP contribution in [0.3, 0.4) is 0 Å². The second kappa shape index (κ2) is 10.8. The van der Waals surface area contributed by atoms with E-state index in [1.807, 2.05) is 30.2 Å². The van der Waals surface area contributed by atoms with Crippen LogP contribution in [0.2, 0.25) is 0 Å². The van der Waals surface area contributed by atoms with E-state index in [4.69, 9.17) is 4.98 Å². The summed E-state index contributed by atoms with van der Waals surface area (Å²) in [5, 5.41) is 7.05. The van der Waals surface area contributed by atoms with Gasteiger partial charge in [-0.25, -0.2) is 9.97 Å². The lowest BCUT2D eigenvalue weighted by atomic mass is 9.93. The summed E-state index contributed by atoms with van der Waals surface area (Å²) in [4.78, 5) is 38.1. The molecular weight excluding hydrogens is 448 g/mol. The Bertz CT molecular complexity index is 1130. The quantitative estimate of drug-likeness (QED) is 0.592. The van der Waals surface area contributed by atoms with Crippen molar-refractivity contribution < 1.29 is 9.59 Å². The number of aryl methyl sites for hydroxylation is 1. The molecule has 3 heterocycles. The Hall–Kier alpha value is -3.30. The van der Waals surface area contributed by atoms with E-state index < -0.39 is 0 Å². The van der Waals surface area contributed by atoms with E-state index in [2.05, 4.69) is 45.3 Å². The van der Waals surface area contributed by atoms with Crippen LogP contribution in [0.25, 0.3) is 0 Å². The molecule has 2 aliphatic rings. The van der Waals surface area contributed by atoms with Crippen LogP contribution in [-0.4, -0.2) is 57.8 Å². The van der Waals surface area contributed by atoms with E-state index >= 15 is 0 Å². The first-order valence-corrected chi connectivity index (χ1v) is 12.2. The summed E-state index contributed by atoms with van der Waals surface area (Å²) in [6, 6.07) is 4.21. The zero-order valence-electron chi connectivity index (χ0n) is 19.6. The Morgan fingerprint density at radius 3 is 2.74 bits per heavy atom. The number of allylic oxidation sites excluding steroid dienone is 4. The summed E-state index contributed by atoms with van der Waals surface area (Å²) in [5.74, 6) is 0.711. The molecule has 0 saturated carbocycles. The molecule has 0 radical (unpaired) electrons. The number of nitrogens with zero attached hydrogens (tertiary/aromatic N) is 4. The van der Waals surface area contributed by atoms with Gasteiger partial charge in [0.15, 0.2) is 5.13 Å². The van der Waals surface area contributed by atoms with Crippen LogP contribution < -0.4 is 10.6 Å². The fraction of sp³-hybridized carbons (Fsp3) is 0.360. The number of anilines is 2. The maximum Gasteiger partial charge on any atom is 0.247 e. The first-order chi connectivity index (χ1) is 16.4. The first kappa shape index (κ1) is 23.8. The molecule has 1 unspecified atom stereocenters.